The van der Waals surface area contributed by atoms with E-state index in [0.717, 1.165) is 6.42 Å². The van der Waals surface area contributed by atoms with E-state index in [1.54, 1.807) is 7.11 Å². The number of carbonyl (C=O) groups is 1. The quantitative estimate of drug-likeness (QED) is 0.745. The van der Waals surface area contributed by atoms with Gasteiger partial charge in [-0.15, -0.1) is 0 Å². The van der Waals surface area contributed by atoms with Crippen LogP contribution in [-0.2, 0) is 14.3 Å². The Labute approximate surface area is 103 Å². The summed E-state index contributed by atoms with van der Waals surface area (Å²) in [5, 5.41) is 2.85. The number of ether oxygens (including phenoxy) is 2. The third-order valence-corrected chi connectivity index (χ3v) is 3.30. The summed E-state index contributed by atoms with van der Waals surface area (Å²) in [6.07, 6.45) is 0.800. The van der Waals surface area contributed by atoms with Gasteiger partial charge in [-0.25, -0.2) is 0 Å². The van der Waals surface area contributed by atoms with Crippen molar-refractivity contribution in [3.05, 3.63) is 0 Å². The molecule has 1 rings (SSSR count). The van der Waals surface area contributed by atoms with Gasteiger partial charge in [-0.3, -0.25) is 4.79 Å². The molecule has 2 atom stereocenters. The second-order valence-electron chi connectivity index (χ2n) is 5.75. The van der Waals surface area contributed by atoms with E-state index in [-0.39, 0.29) is 16.9 Å². The van der Waals surface area contributed by atoms with Gasteiger partial charge in [-0.2, -0.15) is 0 Å². The van der Waals surface area contributed by atoms with Gasteiger partial charge in [0.15, 0.2) is 0 Å². The summed E-state index contributed by atoms with van der Waals surface area (Å²) in [7, 11) is 1.64. The van der Waals surface area contributed by atoms with Gasteiger partial charge in [0.2, 0.25) is 5.91 Å². The zero-order valence-corrected chi connectivity index (χ0v) is 11.2. The van der Waals surface area contributed by atoms with E-state index in [0.29, 0.717) is 19.8 Å². The molecule has 0 aromatic heterocycles. The molecule has 1 heterocycles. The minimum Gasteiger partial charge on any atom is -0.378 e. The number of carbonyl (C=O) groups excluding carboxylic acids is 1. The predicted molar refractivity (Wildman–Crippen MR) is 65.6 cm³/mol. The van der Waals surface area contributed by atoms with Crippen LogP contribution in [0.1, 0.15) is 27.2 Å². The SMILES string of the molecule is COC1(CNC(=O)C(N)C(C)(C)C)CCOC1. The molecule has 17 heavy (non-hydrogen) atoms. The Morgan fingerprint density at radius 2 is 2.24 bits per heavy atom. The lowest BCUT2D eigenvalue weighted by Gasteiger charge is -2.29. The van der Waals surface area contributed by atoms with E-state index in [1.807, 2.05) is 20.8 Å². The van der Waals surface area contributed by atoms with Crippen LogP contribution >= 0.6 is 0 Å². The first-order chi connectivity index (χ1) is 7.81. The molecule has 3 N–H and O–H groups in total. The molecule has 2 unspecified atom stereocenters. The smallest absolute Gasteiger partial charge is 0.237 e. The number of nitrogens with one attached hydrogen (secondary N) is 1. The van der Waals surface area contributed by atoms with Gasteiger partial charge in [0.1, 0.15) is 5.60 Å². The van der Waals surface area contributed by atoms with Crippen molar-refractivity contribution in [2.24, 2.45) is 11.1 Å². The number of rotatable bonds is 4. The molecule has 1 amide bonds. The van der Waals surface area contributed by atoms with Crippen LogP contribution in [0.5, 0.6) is 0 Å². The highest BCUT2D eigenvalue weighted by atomic mass is 16.5. The van der Waals surface area contributed by atoms with E-state index in [2.05, 4.69) is 5.32 Å². The van der Waals surface area contributed by atoms with Gasteiger partial charge in [-0.05, 0) is 5.41 Å². The van der Waals surface area contributed by atoms with Gasteiger partial charge >= 0.3 is 0 Å². The number of nitrogens with two attached hydrogens (primary N) is 1. The highest BCUT2D eigenvalue weighted by molar-refractivity contribution is 5.82. The van der Waals surface area contributed by atoms with Crippen molar-refractivity contribution >= 4 is 5.91 Å². The molecule has 0 aromatic carbocycles. The van der Waals surface area contributed by atoms with Crippen LogP contribution in [0.3, 0.4) is 0 Å². The first-order valence-electron chi connectivity index (χ1n) is 5.97. The zero-order valence-electron chi connectivity index (χ0n) is 11.2. The first-order valence-corrected chi connectivity index (χ1v) is 5.97. The largest absolute Gasteiger partial charge is 0.378 e. The lowest BCUT2D eigenvalue weighted by Crippen LogP contribution is -2.53. The van der Waals surface area contributed by atoms with Gasteiger partial charge in [-0.1, -0.05) is 20.8 Å². The summed E-state index contributed by atoms with van der Waals surface area (Å²) >= 11 is 0. The predicted octanol–water partition coefficient (Wildman–Crippen LogP) is 0.282. The lowest BCUT2D eigenvalue weighted by molar-refractivity contribution is -0.126. The Hall–Kier alpha value is -0.650. The first kappa shape index (κ1) is 14.4. The fourth-order valence-electron chi connectivity index (χ4n) is 1.71. The van der Waals surface area contributed by atoms with E-state index in [1.165, 1.54) is 0 Å². The number of amides is 1. The summed E-state index contributed by atoms with van der Waals surface area (Å²) in [6.45, 7) is 7.49. The molecule has 5 nitrogen and oxygen atoms in total. The molecule has 0 aliphatic carbocycles. The van der Waals surface area contributed by atoms with Gasteiger partial charge in [0, 0.05) is 26.7 Å². The maximum Gasteiger partial charge on any atom is 0.237 e. The highest BCUT2D eigenvalue weighted by Crippen LogP contribution is 2.22. The summed E-state index contributed by atoms with van der Waals surface area (Å²) in [5.41, 5.74) is 5.26. The van der Waals surface area contributed by atoms with Crippen LogP contribution in [0.25, 0.3) is 0 Å². The maximum atomic E-state index is 11.9. The lowest BCUT2D eigenvalue weighted by atomic mass is 9.87. The average Bonchev–Trinajstić information content (AvgIpc) is 2.73. The topological polar surface area (TPSA) is 73.6 Å². The standard InChI is InChI=1S/C12H24N2O3/c1-11(2,3)9(13)10(15)14-7-12(16-4)5-6-17-8-12/h9H,5-8,13H2,1-4H3,(H,14,15). The summed E-state index contributed by atoms with van der Waals surface area (Å²) in [6, 6.07) is -0.515. The number of methoxy groups -OCH3 is 1. The molecule has 1 aliphatic heterocycles. The number of hydrogen-bond acceptors (Lipinski definition) is 4. The van der Waals surface area contributed by atoms with Crippen molar-refractivity contribution in [3.8, 4) is 0 Å². The Bertz CT molecular complexity index is 267. The Morgan fingerprint density at radius 1 is 1.59 bits per heavy atom. The third kappa shape index (κ3) is 3.66. The minimum absolute atomic E-state index is 0.138. The van der Waals surface area contributed by atoms with Crippen LogP contribution in [-0.4, -0.2) is 44.4 Å². The van der Waals surface area contributed by atoms with Crippen LogP contribution in [0.2, 0.25) is 0 Å². The Morgan fingerprint density at radius 3 is 2.65 bits per heavy atom. The zero-order chi connectivity index (χ0) is 13.1. The molecular weight excluding hydrogens is 220 g/mol. The molecular formula is C12H24N2O3. The summed E-state index contributed by atoms with van der Waals surface area (Å²) in [4.78, 5) is 11.9. The Kier molecular flexibility index (Phi) is 4.52. The molecule has 1 fully saturated rings. The Balaban J connectivity index is 2.47. The molecule has 0 radical (unpaired) electrons. The van der Waals surface area contributed by atoms with E-state index >= 15 is 0 Å². The fourth-order valence-corrected chi connectivity index (χ4v) is 1.71. The number of hydrogen-bond donors (Lipinski definition) is 2. The van der Waals surface area contributed by atoms with E-state index < -0.39 is 6.04 Å². The van der Waals surface area contributed by atoms with Crippen molar-refractivity contribution in [1.82, 2.24) is 5.32 Å². The molecule has 0 spiro atoms. The minimum atomic E-state index is -0.515. The van der Waals surface area contributed by atoms with Crippen molar-refractivity contribution in [2.75, 3.05) is 26.9 Å². The molecule has 0 saturated carbocycles. The molecule has 1 aliphatic rings. The van der Waals surface area contributed by atoms with Crippen molar-refractivity contribution in [2.45, 2.75) is 38.8 Å². The molecule has 0 bridgehead atoms. The average molecular weight is 244 g/mol. The van der Waals surface area contributed by atoms with Crippen LogP contribution < -0.4 is 11.1 Å². The molecule has 1 saturated heterocycles. The van der Waals surface area contributed by atoms with Crippen molar-refractivity contribution in [3.63, 3.8) is 0 Å². The van der Waals surface area contributed by atoms with Crippen molar-refractivity contribution < 1.29 is 14.3 Å². The second-order valence-corrected chi connectivity index (χ2v) is 5.75. The van der Waals surface area contributed by atoms with E-state index in [4.69, 9.17) is 15.2 Å². The van der Waals surface area contributed by atoms with Crippen LogP contribution in [0.4, 0.5) is 0 Å². The van der Waals surface area contributed by atoms with Gasteiger partial charge in [0.25, 0.3) is 0 Å². The van der Waals surface area contributed by atoms with Gasteiger partial charge < -0.3 is 20.5 Å². The summed E-state index contributed by atoms with van der Waals surface area (Å²) < 4.78 is 10.7. The highest BCUT2D eigenvalue weighted by Gasteiger charge is 2.36. The molecule has 5 heteroatoms. The maximum absolute atomic E-state index is 11.9. The van der Waals surface area contributed by atoms with E-state index in [9.17, 15) is 4.79 Å². The van der Waals surface area contributed by atoms with Crippen LogP contribution in [0.15, 0.2) is 0 Å². The fraction of sp³-hybridized carbons (Fsp3) is 0.917. The molecule has 100 valence electrons. The molecule has 0 aromatic rings. The van der Waals surface area contributed by atoms with Gasteiger partial charge in [0.05, 0.1) is 12.6 Å². The second kappa shape index (κ2) is 5.33. The third-order valence-electron chi connectivity index (χ3n) is 3.30. The van der Waals surface area contributed by atoms with Crippen molar-refractivity contribution in [1.29, 1.82) is 0 Å². The monoisotopic (exact) mass is 244 g/mol. The normalized spacial score (nSPS) is 26.9. The summed E-state index contributed by atoms with van der Waals surface area (Å²) in [5.74, 6) is -0.138. The van der Waals surface area contributed by atoms with Crippen LogP contribution in [0, 0.1) is 5.41 Å².